The first kappa shape index (κ1) is 12.6. The van der Waals surface area contributed by atoms with Crippen molar-refractivity contribution in [2.24, 2.45) is 5.11 Å². The van der Waals surface area contributed by atoms with Crippen LogP contribution in [0.5, 0.6) is 0 Å². The number of ether oxygens (including phenoxy) is 1. The van der Waals surface area contributed by atoms with Crippen molar-refractivity contribution in [3.8, 4) is 0 Å². The van der Waals surface area contributed by atoms with E-state index in [0.29, 0.717) is 13.0 Å². The van der Waals surface area contributed by atoms with Crippen molar-refractivity contribution in [2.45, 2.75) is 51.8 Å². The molecule has 16 heavy (non-hydrogen) atoms. The molecule has 0 unspecified atom stereocenters. The van der Waals surface area contributed by atoms with Crippen LogP contribution in [0.3, 0.4) is 0 Å². The van der Waals surface area contributed by atoms with Crippen LogP contribution >= 0.6 is 0 Å². The Hall–Kier alpha value is -1.42. The topological polar surface area (TPSA) is 78.3 Å². The number of azide groups is 1. The average Bonchev–Trinajstić information content (AvgIpc) is 2.44. The zero-order chi connectivity index (χ0) is 12.3. The molecule has 1 aliphatic rings. The number of rotatable bonds is 1. The largest absolute Gasteiger partial charge is 0.444 e. The van der Waals surface area contributed by atoms with E-state index >= 15 is 0 Å². The summed E-state index contributed by atoms with van der Waals surface area (Å²) in [5.41, 5.74) is 7.86. The van der Waals surface area contributed by atoms with Crippen LogP contribution in [0.4, 0.5) is 4.79 Å². The Morgan fingerprint density at radius 3 is 2.69 bits per heavy atom. The van der Waals surface area contributed by atoms with Crippen molar-refractivity contribution in [1.82, 2.24) is 4.90 Å². The minimum Gasteiger partial charge on any atom is -0.444 e. The van der Waals surface area contributed by atoms with E-state index in [4.69, 9.17) is 10.3 Å². The van der Waals surface area contributed by atoms with Gasteiger partial charge in [-0.15, -0.1) is 0 Å². The minimum absolute atomic E-state index is 0.0605. The third kappa shape index (κ3) is 3.31. The number of likely N-dealkylation sites (tertiary alicyclic amines) is 1. The zero-order valence-electron chi connectivity index (χ0n) is 10.2. The summed E-state index contributed by atoms with van der Waals surface area (Å²) in [6.07, 6.45) is 0.360. The van der Waals surface area contributed by atoms with E-state index < -0.39 is 5.60 Å². The van der Waals surface area contributed by atoms with Gasteiger partial charge in [-0.2, -0.15) is 0 Å². The summed E-state index contributed by atoms with van der Waals surface area (Å²) in [4.78, 5) is 16.2. The second kappa shape index (κ2) is 4.61. The van der Waals surface area contributed by atoms with Crippen molar-refractivity contribution < 1.29 is 9.53 Å². The number of nitrogens with zero attached hydrogens (tertiary/aromatic N) is 4. The van der Waals surface area contributed by atoms with Crippen LogP contribution in [0, 0.1) is 0 Å². The molecule has 1 saturated heterocycles. The molecule has 0 saturated carbocycles. The van der Waals surface area contributed by atoms with E-state index in [0.717, 1.165) is 0 Å². The maximum absolute atomic E-state index is 11.8. The molecule has 1 rings (SSSR count). The van der Waals surface area contributed by atoms with Gasteiger partial charge in [0.25, 0.3) is 0 Å². The van der Waals surface area contributed by atoms with Gasteiger partial charge < -0.3 is 9.64 Å². The lowest BCUT2D eigenvalue weighted by atomic mass is 10.2. The molecule has 2 atom stereocenters. The molecule has 0 aliphatic carbocycles. The summed E-state index contributed by atoms with van der Waals surface area (Å²) in [5, 5.41) is 3.63. The summed E-state index contributed by atoms with van der Waals surface area (Å²) in [6.45, 7) is 7.86. The molecule has 0 aromatic carbocycles. The van der Waals surface area contributed by atoms with E-state index in [1.54, 1.807) is 4.90 Å². The highest BCUT2D eigenvalue weighted by Crippen LogP contribution is 2.22. The Labute approximate surface area is 95.2 Å². The number of carbonyl (C=O) groups is 1. The Morgan fingerprint density at radius 1 is 1.56 bits per heavy atom. The predicted octanol–water partition coefficient (Wildman–Crippen LogP) is 2.69. The van der Waals surface area contributed by atoms with E-state index in [-0.39, 0.29) is 18.2 Å². The highest BCUT2D eigenvalue weighted by molar-refractivity contribution is 5.69. The van der Waals surface area contributed by atoms with Gasteiger partial charge in [0.1, 0.15) is 5.60 Å². The Bertz CT molecular complexity index is 317. The first-order valence-electron chi connectivity index (χ1n) is 5.37. The van der Waals surface area contributed by atoms with Gasteiger partial charge in [0.05, 0.1) is 6.04 Å². The van der Waals surface area contributed by atoms with E-state index in [2.05, 4.69) is 10.0 Å². The van der Waals surface area contributed by atoms with Crippen LogP contribution in [-0.4, -0.2) is 35.2 Å². The standard InChI is InChI=1S/C10H18N4O2/c1-7-5-8(12-13-11)6-14(7)9(15)16-10(2,3)4/h7-8H,5-6H2,1-4H3/t7-,8-/m1/s1. The molecule has 6 nitrogen and oxygen atoms in total. The zero-order valence-corrected chi connectivity index (χ0v) is 10.2. The molecule has 0 spiro atoms. The molecule has 6 heteroatoms. The first-order chi connectivity index (χ1) is 7.33. The maximum Gasteiger partial charge on any atom is 0.410 e. The van der Waals surface area contributed by atoms with E-state index in [9.17, 15) is 4.79 Å². The van der Waals surface area contributed by atoms with Gasteiger partial charge in [-0.05, 0) is 39.6 Å². The monoisotopic (exact) mass is 226 g/mol. The molecule has 0 N–H and O–H groups in total. The van der Waals surface area contributed by atoms with Crippen LogP contribution in [0.15, 0.2) is 5.11 Å². The molecular formula is C10H18N4O2. The van der Waals surface area contributed by atoms with Crippen molar-refractivity contribution >= 4 is 6.09 Å². The fraction of sp³-hybridized carbons (Fsp3) is 0.900. The summed E-state index contributed by atoms with van der Waals surface area (Å²) >= 11 is 0. The highest BCUT2D eigenvalue weighted by Gasteiger charge is 2.34. The van der Waals surface area contributed by atoms with Crippen LogP contribution in [0.25, 0.3) is 10.4 Å². The lowest BCUT2D eigenvalue weighted by Crippen LogP contribution is -2.39. The molecule has 90 valence electrons. The van der Waals surface area contributed by atoms with Crippen LogP contribution in [-0.2, 0) is 4.74 Å². The van der Waals surface area contributed by atoms with Gasteiger partial charge >= 0.3 is 6.09 Å². The van der Waals surface area contributed by atoms with Gasteiger partial charge in [-0.1, -0.05) is 5.11 Å². The van der Waals surface area contributed by atoms with E-state index in [1.165, 1.54) is 0 Å². The van der Waals surface area contributed by atoms with Crippen molar-refractivity contribution in [2.75, 3.05) is 6.54 Å². The minimum atomic E-state index is -0.493. The smallest absolute Gasteiger partial charge is 0.410 e. The maximum atomic E-state index is 11.8. The van der Waals surface area contributed by atoms with Crippen LogP contribution in [0.2, 0.25) is 0 Å². The predicted molar refractivity (Wildman–Crippen MR) is 60.0 cm³/mol. The van der Waals surface area contributed by atoms with Gasteiger partial charge in [0.15, 0.2) is 0 Å². The molecular weight excluding hydrogens is 208 g/mol. The normalized spacial score (nSPS) is 25.1. The van der Waals surface area contributed by atoms with Crippen molar-refractivity contribution in [3.05, 3.63) is 10.4 Å². The third-order valence-corrected chi connectivity index (χ3v) is 2.40. The van der Waals surface area contributed by atoms with Crippen LogP contribution < -0.4 is 0 Å². The SMILES string of the molecule is C[C@@H]1C[C@@H](N=[N+]=[N-])CN1C(=O)OC(C)(C)C. The number of hydrogen-bond donors (Lipinski definition) is 0. The molecule has 1 fully saturated rings. The lowest BCUT2D eigenvalue weighted by molar-refractivity contribution is 0.0237. The quantitative estimate of drug-likeness (QED) is 0.391. The molecule has 0 aromatic heterocycles. The lowest BCUT2D eigenvalue weighted by Gasteiger charge is -2.26. The first-order valence-corrected chi connectivity index (χ1v) is 5.37. The fourth-order valence-electron chi connectivity index (χ4n) is 1.73. The van der Waals surface area contributed by atoms with Gasteiger partial charge in [-0.3, -0.25) is 0 Å². The Kier molecular flexibility index (Phi) is 3.65. The number of hydrogen-bond acceptors (Lipinski definition) is 3. The van der Waals surface area contributed by atoms with Crippen LogP contribution in [0.1, 0.15) is 34.1 Å². The van der Waals surface area contributed by atoms with Crippen molar-refractivity contribution in [1.29, 1.82) is 0 Å². The number of amides is 1. The Morgan fingerprint density at radius 2 is 2.19 bits per heavy atom. The molecule has 0 aromatic rings. The summed E-state index contributed by atoms with van der Waals surface area (Å²) < 4.78 is 5.27. The highest BCUT2D eigenvalue weighted by atomic mass is 16.6. The number of carbonyl (C=O) groups excluding carboxylic acids is 1. The molecule has 0 bridgehead atoms. The third-order valence-electron chi connectivity index (χ3n) is 2.40. The van der Waals surface area contributed by atoms with Crippen molar-refractivity contribution in [3.63, 3.8) is 0 Å². The molecule has 0 radical (unpaired) electrons. The molecule has 1 heterocycles. The van der Waals surface area contributed by atoms with E-state index in [1.807, 2.05) is 27.7 Å². The van der Waals surface area contributed by atoms with Gasteiger partial charge in [0, 0.05) is 17.5 Å². The average molecular weight is 226 g/mol. The summed E-state index contributed by atoms with van der Waals surface area (Å²) in [5.74, 6) is 0. The summed E-state index contributed by atoms with van der Waals surface area (Å²) in [7, 11) is 0. The molecule has 1 aliphatic heterocycles. The van der Waals surface area contributed by atoms with Gasteiger partial charge in [0.2, 0.25) is 0 Å². The fourth-order valence-corrected chi connectivity index (χ4v) is 1.73. The second-order valence-corrected chi connectivity index (χ2v) is 5.08. The molecule has 1 amide bonds. The Balaban J connectivity index is 2.61. The van der Waals surface area contributed by atoms with Gasteiger partial charge in [-0.25, -0.2) is 4.79 Å². The second-order valence-electron chi connectivity index (χ2n) is 5.08. The summed E-state index contributed by atoms with van der Waals surface area (Å²) in [6, 6.07) is -0.0714.